The number of rotatable bonds is 3. The van der Waals surface area contributed by atoms with Crippen molar-refractivity contribution in [3.8, 4) is 16.9 Å². The molecule has 0 saturated carbocycles. The third kappa shape index (κ3) is 4.64. The fourth-order valence-corrected chi connectivity index (χ4v) is 3.34. The number of phenols is 1. The SMILES string of the molecule is Cc1ccc(C=C(C(=O)O)C(C)(C)C)c(-c2cc(C)cc(C(C)(C)C)c2O)c1. The molecule has 2 aromatic carbocycles. The molecule has 0 unspecified atom stereocenters. The lowest BCUT2D eigenvalue weighted by molar-refractivity contribution is -0.133. The molecular formula is C25H32O3. The van der Waals surface area contributed by atoms with Crippen molar-refractivity contribution in [3.05, 3.63) is 58.2 Å². The minimum atomic E-state index is -0.928. The van der Waals surface area contributed by atoms with E-state index in [1.807, 2.05) is 65.0 Å². The topological polar surface area (TPSA) is 57.5 Å². The largest absolute Gasteiger partial charge is 0.507 e. The number of hydrogen-bond donors (Lipinski definition) is 2. The summed E-state index contributed by atoms with van der Waals surface area (Å²) in [6.45, 7) is 15.9. The maximum absolute atomic E-state index is 11.9. The molecule has 0 radical (unpaired) electrons. The maximum Gasteiger partial charge on any atom is 0.332 e. The summed E-state index contributed by atoms with van der Waals surface area (Å²) in [5.41, 5.74) is 4.99. The lowest BCUT2D eigenvalue weighted by Crippen LogP contribution is -2.17. The monoisotopic (exact) mass is 380 g/mol. The average Bonchev–Trinajstić information content (AvgIpc) is 2.52. The first-order chi connectivity index (χ1) is 12.7. The van der Waals surface area contributed by atoms with E-state index in [9.17, 15) is 15.0 Å². The molecule has 3 nitrogen and oxygen atoms in total. The fourth-order valence-electron chi connectivity index (χ4n) is 3.34. The van der Waals surface area contributed by atoms with Crippen molar-refractivity contribution < 1.29 is 15.0 Å². The van der Waals surface area contributed by atoms with Crippen LogP contribution in [0.4, 0.5) is 0 Å². The van der Waals surface area contributed by atoms with Gasteiger partial charge in [0.2, 0.25) is 0 Å². The van der Waals surface area contributed by atoms with Crippen molar-refractivity contribution in [2.24, 2.45) is 5.41 Å². The van der Waals surface area contributed by atoms with Gasteiger partial charge in [-0.1, -0.05) is 71.4 Å². The summed E-state index contributed by atoms with van der Waals surface area (Å²) < 4.78 is 0. The van der Waals surface area contributed by atoms with Crippen molar-refractivity contribution in [1.29, 1.82) is 0 Å². The van der Waals surface area contributed by atoms with Crippen molar-refractivity contribution in [2.45, 2.75) is 60.8 Å². The Bertz CT molecular complexity index is 935. The van der Waals surface area contributed by atoms with Gasteiger partial charge in [0.25, 0.3) is 0 Å². The van der Waals surface area contributed by atoms with Gasteiger partial charge in [-0.2, -0.15) is 0 Å². The Labute approximate surface area is 168 Å². The Morgan fingerprint density at radius 3 is 1.96 bits per heavy atom. The predicted octanol–water partition coefficient (Wildman–Crippen LogP) is 6.49. The van der Waals surface area contributed by atoms with Crippen LogP contribution in [-0.2, 0) is 10.2 Å². The first-order valence-corrected chi connectivity index (χ1v) is 9.62. The van der Waals surface area contributed by atoms with Crippen molar-refractivity contribution in [3.63, 3.8) is 0 Å². The first kappa shape index (κ1) is 21.7. The number of aliphatic carboxylic acids is 1. The highest BCUT2D eigenvalue weighted by Crippen LogP contribution is 2.41. The normalized spacial score (nSPS) is 12.9. The Hall–Kier alpha value is -2.55. The van der Waals surface area contributed by atoms with Crippen LogP contribution >= 0.6 is 0 Å². The van der Waals surface area contributed by atoms with E-state index in [-0.39, 0.29) is 11.2 Å². The number of carboxylic acid groups (broad SMARTS) is 1. The van der Waals surface area contributed by atoms with Crippen molar-refractivity contribution in [1.82, 2.24) is 0 Å². The summed E-state index contributed by atoms with van der Waals surface area (Å²) in [5.74, 6) is -0.672. The standard InChI is InChI=1S/C25H32O3/c1-15-9-10-17(14-21(23(27)28)25(6,7)8)18(11-15)19-12-16(2)13-20(22(19)26)24(3,4)5/h9-14,26H,1-8H3,(H,27,28). The summed E-state index contributed by atoms with van der Waals surface area (Å²) in [6.07, 6.45) is 1.73. The number of carboxylic acids is 1. The molecule has 2 rings (SSSR count). The fraction of sp³-hybridized carbons (Fsp3) is 0.400. The minimum absolute atomic E-state index is 0.206. The smallest absolute Gasteiger partial charge is 0.332 e. The van der Waals surface area contributed by atoms with Crippen LogP contribution in [0, 0.1) is 19.3 Å². The molecule has 0 fully saturated rings. The molecule has 0 aliphatic rings. The molecule has 0 spiro atoms. The molecule has 0 amide bonds. The summed E-state index contributed by atoms with van der Waals surface area (Å²) in [7, 11) is 0. The van der Waals surface area contributed by atoms with E-state index in [0.717, 1.165) is 33.4 Å². The molecule has 0 bridgehead atoms. The highest BCUT2D eigenvalue weighted by atomic mass is 16.4. The number of benzene rings is 2. The van der Waals surface area contributed by atoms with E-state index in [4.69, 9.17) is 0 Å². The average molecular weight is 381 g/mol. The molecule has 0 heterocycles. The van der Waals surface area contributed by atoms with Gasteiger partial charge in [0.05, 0.1) is 0 Å². The quantitative estimate of drug-likeness (QED) is 0.599. The molecule has 0 saturated heterocycles. The second kappa shape index (κ2) is 7.46. The zero-order valence-electron chi connectivity index (χ0n) is 18.3. The predicted molar refractivity (Wildman–Crippen MR) is 117 cm³/mol. The van der Waals surface area contributed by atoms with Crippen molar-refractivity contribution >= 4 is 12.0 Å². The van der Waals surface area contributed by atoms with Crippen molar-refractivity contribution in [2.75, 3.05) is 0 Å². The zero-order chi connectivity index (χ0) is 21.4. The Balaban J connectivity index is 2.84. The first-order valence-electron chi connectivity index (χ1n) is 9.62. The number of aromatic hydroxyl groups is 1. The molecule has 2 aromatic rings. The van der Waals surface area contributed by atoms with E-state index in [0.29, 0.717) is 5.57 Å². The molecule has 150 valence electrons. The van der Waals surface area contributed by atoms with E-state index in [1.165, 1.54) is 0 Å². The van der Waals surface area contributed by atoms with Crippen LogP contribution in [0.5, 0.6) is 5.75 Å². The second-order valence-electron chi connectivity index (χ2n) is 9.66. The molecule has 3 heteroatoms. The Morgan fingerprint density at radius 2 is 1.46 bits per heavy atom. The molecule has 28 heavy (non-hydrogen) atoms. The van der Waals surface area contributed by atoms with Gasteiger partial charge in [-0.3, -0.25) is 0 Å². The number of aryl methyl sites for hydroxylation is 2. The summed E-state index contributed by atoms with van der Waals surface area (Å²) in [5, 5.41) is 20.8. The summed E-state index contributed by atoms with van der Waals surface area (Å²) >= 11 is 0. The van der Waals surface area contributed by atoms with Crippen LogP contribution in [0.15, 0.2) is 35.9 Å². The van der Waals surface area contributed by atoms with E-state index >= 15 is 0 Å². The van der Waals surface area contributed by atoms with Gasteiger partial charge < -0.3 is 10.2 Å². The molecule has 0 aliphatic heterocycles. The minimum Gasteiger partial charge on any atom is -0.507 e. The molecule has 0 aromatic heterocycles. The molecule has 0 atom stereocenters. The zero-order valence-corrected chi connectivity index (χ0v) is 18.3. The van der Waals surface area contributed by atoms with Crippen LogP contribution in [0.3, 0.4) is 0 Å². The van der Waals surface area contributed by atoms with Gasteiger partial charge >= 0.3 is 5.97 Å². The van der Waals surface area contributed by atoms with E-state index in [2.05, 4.69) is 20.8 Å². The van der Waals surface area contributed by atoms with Crippen LogP contribution < -0.4 is 0 Å². The van der Waals surface area contributed by atoms with Gasteiger partial charge in [0.1, 0.15) is 5.75 Å². The summed E-state index contributed by atoms with van der Waals surface area (Å²) in [4.78, 5) is 11.9. The van der Waals surface area contributed by atoms with Crippen LogP contribution in [0.1, 0.15) is 63.8 Å². The molecule has 2 N–H and O–H groups in total. The maximum atomic E-state index is 11.9. The second-order valence-corrected chi connectivity index (χ2v) is 9.66. The lowest BCUT2D eigenvalue weighted by atomic mass is 9.81. The van der Waals surface area contributed by atoms with Crippen LogP contribution in [-0.4, -0.2) is 16.2 Å². The molecular weight excluding hydrogens is 348 g/mol. The van der Waals surface area contributed by atoms with Gasteiger partial charge in [0.15, 0.2) is 0 Å². The summed E-state index contributed by atoms with van der Waals surface area (Å²) in [6, 6.07) is 9.89. The van der Waals surface area contributed by atoms with Gasteiger partial charge in [-0.05, 0) is 53.5 Å². The molecule has 0 aliphatic carbocycles. The Morgan fingerprint density at radius 1 is 0.893 bits per heavy atom. The third-order valence-corrected chi connectivity index (χ3v) is 4.90. The number of carbonyl (C=O) groups is 1. The van der Waals surface area contributed by atoms with Gasteiger partial charge in [-0.15, -0.1) is 0 Å². The van der Waals surface area contributed by atoms with Gasteiger partial charge in [-0.25, -0.2) is 4.79 Å². The highest BCUT2D eigenvalue weighted by Gasteiger charge is 2.25. The van der Waals surface area contributed by atoms with E-state index in [1.54, 1.807) is 6.08 Å². The number of phenolic OH excluding ortho intramolecular Hbond substituents is 1. The lowest BCUT2D eigenvalue weighted by Gasteiger charge is -2.24. The van der Waals surface area contributed by atoms with Crippen LogP contribution in [0.2, 0.25) is 0 Å². The number of hydrogen-bond acceptors (Lipinski definition) is 2. The van der Waals surface area contributed by atoms with E-state index < -0.39 is 11.4 Å². The Kier molecular flexibility index (Phi) is 5.79. The third-order valence-electron chi connectivity index (χ3n) is 4.90. The highest BCUT2D eigenvalue weighted by molar-refractivity contribution is 5.95. The van der Waals surface area contributed by atoms with Gasteiger partial charge in [0, 0.05) is 16.7 Å². The van der Waals surface area contributed by atoms with Crippen LogP contribution in [0.25, 0.3) is 17.2 Å².